The Morgan fingerprint density at radius 1 is 1.28 bits per heavy atom. The Morgan fingerprint density at radius 3 is 2.52 bits per heavy atom. The summed E-state index contributed by atoms with van der Waals surface area (Å²) in [6.45, 7) is 1.23. The number of hydrogen-bond acceptors (Lipinski definition) is 5. The van der Waals surface area contributed by atoms with Gasteiger partial charge in [-0.05, 0) is 43.2 Å². The second-order valence-corrected chi connectivity index (χ2v) is 7.80. The summed E-state index contributed by atoms with van der Waals surface area (Å²) in [6, 6.07) is 9.12. The lowest BCUT2D eigenvalue weighted by atomic mass is 10.0. The monoisotopic (exact) mass is 436 g/mol. The molecular formula is C20H22Cl2N4O3. The van der Waals surface area contributed by atoms with Crippen molar-refractivity contribution in [2.24, 2.45) is 0 Å². The van der Waals surface area contributed by atoms with Crippen LogP contribution in [-0.2, 0) is 9.59 Å². The van der Waals surface area contributed by atoms with Crippen molar-refractivity contribution in [2.75, 3.05) is 41.4 Å². The zero-order chi connectivity index (χ0) is 21.0. The number of carboxylic acid groups (broad SMARTS) is 1. The highest BCUT2D eigenvalue weighted by molar-refractivity contribution is 6.35. The highest BCUT2D eigenvalue weighted by Gasteiger charge is 2.26. The second kappa shape index (κ2) is 9.33. The molecule has 1 saturated heterocycles. The molecule has 0 spiro atoms. The SMILES string of the molecule is CN(c1ncccc1N(C=O)CC(=O)O)C1CCN(c2cc(Cl)cc(Cl)c2)CC1. The van der Waals surface area contributed by atoms with Crippen LogP contribution in [0.4, 0.5) is 17.2 Å². The molecule has 0 unspecified atom stereocenters. The van der Waals surface area contributed by atoms with Crippen molar-refractivity contribution in [2.45, 2.75) is 18.9 Å². The molecule has 0 radical (unpaired) electrons. The molecule has 154 valence electrons. The number of carboxylic acids is 1. The highest BCUT2D eigenvalue weighted by Crippen LogP contribution is 2.32. The number of nitrogens with zero attached hydrogens (tertiary/aromatic N) is 4. The van der Waals surface area contributed by atoms with Crippen LogP contribution in [0, 0.1) is 0 Å². The van der Waals surface area contributed by atoms with Crippen LogP contribution in [0.2, 0.25) is 10.0 Å². The van der Waals surface area contributed by atoms with Crippen LogP contribution in [0.3, 0.4) is 0 Å². The molecule has 1 aromatic heterocycles. The Balaban J connectivity index is 1.73. The van der Waals surface area contributed by atoms with Gasteiger partial charge in [0.05, 0.1) is 5.69 Å². The zero-order valence-electron chi connectivity index (χ0n) is 16.0. The fraction of sp³-hybridized carbons (Fsp3) is 0.350. The largest absolute Gasteiger partial charge is 0.480 e. The van der Waals surface area contributed by atoms with Gasteiger partial charge in [0.2, 0.25) is 6.41 Å². The Hall–Kier alpha value is -2.51. The molecule has 0 saturated carbocycles. The minimum absolute atomic E-state index is 0.202. The van der Waals surface area contributed by atoms with Gasteiger partial charge < -0.3 is 19.8 Å². The normalized spacial score (nSPS) is 14.5. The number of piperidine rings is 1. The first-order chi connectivity index (χ1) is 13.9. The van der Waals surface area contributed by atoms with Crippen LogP contribution in [0.1, 0.15) is 12.8 Å². The van der Waals surface area contributed by atoms with Crippen molar-refractivity contribution >= 4 is 52.8 Å². The van der Waals surface area contributed by atoms with Gasteiger partial charge in [-0.1, -0.05) is 23.2 Å². The molecule has 1 aliphatic heterocycles. The molecule has 29 heavy (non-hydrogen) atoms. The smallest absolute Gasteiger partial charge is 0.323 e. The Bertz CT molecular complexity index is 868. The second-order valence-electron chi connectivity index (χ2n) is 6.93. The molecule has 9 heteroatoms. The van der Waals surface area contributed by atoms with E-state index in [0.29, 0.717) is 28.0 Å². The molecule has 7 nitrogen and oxygen atoms in total. The first-order valence-corrected chi connectivity index (χ1v) is 9.97. The van der Waals surface area contributed by atoms with Crippen molar-refractivity contribution in [3.05, 3.63) is 46.6 Å². The Morgan fingerprint density at radius 2 is 1.93 bits per heavy atom. The third-order valence-corrected chi connectivity index (χ3v) is 5.50. The maximum absolute atomic E-state index is 11.4. The molecule has 3 rings (SSSR count). The van der Waals surface area contributed by atoms with Crippen LogP contribution < -0.4 is 14.7 Å². The topological polar surface area (TPSA) is 77.0 Å². The van der Waals surface area contributed by atoms with Crippen molar-refractivity contribution in [1.82, 2.24) is 4.98 Å². The number of hydrogen-bond donors (Lipinski definition) is 1. The molecular weight excluding hydrogens is 415 g/mol. The number of benzene rings is 1. The maximum Gasteiger partial charge on any atom is 0.323 e. The van der Waals surface area contributed by atoms with Crippen LogP contribution in [0.25, 0.3) is 0 Å². The molecule has 0 aliphatic carbocycles. The number of anilines is 3. The summed E-state index contributed by atoms with van der Waals surface area (Å²) in [5.41, 5.74) is 1.48. The minimum Gasteiger partial charge on any atom is -0.480 e. The van der Waals surface area contributed by atoms with E-state index >= 15 is 0 Å². The van der Waals surface area contributed by atoms with E-state index in [2.05, 4.69) is 9.88 Å². The van der Waals surface area contributed by atoms with Crippen molar-refractivity contribution < 1.29 is 14.7 Å². The number of pyridine rings is 1. The van der Waals surface area contributed by atoms with Gasteiger partial charge in [-0.2, -0.15) is 0 Å². The van der Waals surface area contributed by atoms with Gasteiger partial charge in [-0.25, -0.2) is 4.98 Å². The van der Waals surface area contributed by atoms with Crippen molar-refractivity contribution in [1.29, 1.82) is 0 Å². The maximum atomic E-state index is 11.4. The molecule has 1 aromatic carbocycles. The summed E-state index contributed by atoms with van der Waals surface area (Å²) in [7, 11) is 1.92. The van der Waals surface area contributed by atoms with E-state index in [-0.39, 0.29) is 6.04 Å². The van der Waals surface area contributed by atoms with Gasteiger partial charge in [0.25, 0.3) is 0 Å². The van der Waals surface area contributed by atoms with E-state index in [1.54, 1.807) is 24.4 Å². The van der Waals surface area contributed by atoms with Crippen LogP contribution >= 0.6 is 23.2 Å². The molecule has 1 amide bonds. The molecule has 1 N–H and O–H groups in total. The first kappa shape index (κ1) is 21.2. The lowest BCUT2D eigenvalue weighted by molar-refractivity contribution is -0.136. The van der Waals surface area contributed by atoms with Gasteiger partial charge in [-0.3, -0.25) is 9.59 Å². The third kappa shape index (κ3) is 5.10. The molecule has 1 fully saturated rings. The van der Waals surface area contributed by atoms with E-state index in [1.165, 1.54) is 0 Å². The van der Waals surface area contributed by atoms with E-state index in [4.69, 9.17) is 28.3 Å². The average molecular weight is 437 g/mol. The standard InChI is InChI=1S/C20H22Cl2N4O3/c1-24(20-18(3-2-6-23-20)26(13-27)12-19(28)29)16-4-7-25(8-5-16)17-10-14(21)9-15(22)11-17/h2-3,6,9-11,13,16H,4-5,7-8,12H2,1H3,(H,28,29). The lowest BCUT2D eigenvalue weighted by Gasteiger charge is -2.39. The number of aliphatic carboxylic acids is 1. The molecule has 0 bridgehead atoms. The van der Waals surface area contributed by atoms with Gasteiger partial charge in [-0.15, -0.1) is 0 Å². The highest BCUT2D eigenvalue weighted by atomic mass is 35.5. The zero-order valence-corrected chi connectivity index (χ0v) is 17.5. The number of halogens is 2. The van der Waals surface area contributed by atoms with Crippen LogP contribution in [0.15, 0.2) is 36.5 Å². The summed E-state index contributed by atoms with van der Waals surface area (Å²) in [5, 5.41) is 10.3. The van der Waals surface area contributed by atoms with Crippen LogP contribution in [0.5, 0.6) is 0 Å². The lowest BCUT2D eigenvalue weighted by Crippen LogP contribution is -2.44. The summed E-state index contributed by atoms with van der Waals surface area (Å²) < 4.78 is 0. The van der Waals surface area contributed by atoms with E-state index < -0.39 is 12.5 Å². The Kier molecular flexibility index (Phi) is 6.82. The molecule has 1 aliphatic rings. The number of carbonyl (C=O) groups excluding carboxylic acids is 1. The van der Waals surface area contributed by atoms with E-state index in [1.807, 2.05) is 24.1 Å². The number of amides is 1. The fourth-order valence-corrected chi connectivity index (χ4v) is 4.13. The van der Waals surface area contributed by atoms with E-state index in [0.717, 1.165) is 36.5 Å². The summed E-state index contributed by atoms with van der Waals surface area (Å²) in [5.74, 6) is -0.492. The minimum atomic E-state index is -1.08. The summed E-state index contributed by atoms with van der Waals surface area (Å²) >= 11 is 12.2. The van der Waals surface area contributed by atoms with E-state index in [9.17, 15) is 9.59 Å². The number of carbonyl (C=O) groups is 2. The summed E-state index contributed by atoms with van der Waals surface area (Å²) in [6.07, 6.45) is 3.91. The molecule has 2 heterocycles. The average Bonchev–Trinajstić information content (AvgIpc) is 2.71. The van der Waals surface area contributed by atoms with Crippen LogP contribution in [-0.4, -0.2) is 55.2 Å². The molecule has 0 atom stereocenters. The van der Waals surface area contributed by atoms with Crippen molar-refractivity contribution in [3.63, 3.8) is 0 Å². The number of rotatable bonds is 7. The quantitative estimate of drug-likeness (QED) is 0.668. The van der Waals surface area contributed by atoms with Gasteiger partial charge in [0, 0.05) is 48.1 Å². The van der Waals surface area contributed by atoms with Gasteiger partial charge in [0.15, 0.2) is 5.82 Å². The Labute approximate surface area is 179 Å². The predicted octanol–water partition coefficient (Wildman–Crippen LogP) is 3.54. The van der Waals surface area contributed by atoms with Crippen molar-refractivity contribution in [3.8, 4) is 0 Å². The van der Waals surface area contributed by atoms with Gasteiger partial charge in [0.1, 0.15) is 6.54 Å². The van der Waals surface area contributed by atoms with Gasteiger partial charge >= 0.3 is 5.97 Å². The number of aromatic nitrogens is 1. The fourth-order valence-electron chi connectivity index (χ4n) is 3.62. The predicted molar refractivity (Wildman–Crippen MR) is 115 cm³/mol. The third-order valence-electron chi connectivity index (χ3n) is 5.07. The summed E-state index contributed by atoms with van der Waals surface area (Å²) in [4.78, 5) is 32.4. The molecule has 2 aromatic rings. The first-order valence-electron chi connectivity index (χ1n) is 9.21.